The molecule has 1 atom stereocenters. The summed E-state index contributed by atoms with van der Waals surface area (Å²) in [4.78, 5) is 11.6. The predicted molar refractivity (Wildman–Crippen MR) is 76.4 cm³/mol. The van der Waals surface area contributed by atoms with Crippen LogP contribution in [-0.2, 0) is 21.4 Å². The highest BCUT2D eigenvalue weighted by Crippen LogP contribution is 2.05. The van der Waals surface area contributed by atoms with E-state index < -0.39 is 22.2 Å². The van der Waals surface area contributed by atoms with Crippen LogP contribution in [0.25, 0.3) is 0 Å². The summed E-state index contributed by atoms with van der Waals surface area (Å²) < 4.78 is 27.2. The third-order valence-electron chi connectivity index (χ3n) is 2.73. The Hall–Kier alpha value is -1.60. The molecule has 0 saturated heterocycles. The predicted octanol–water partition coefficient (Wildman–Crippen LogP) is 1.23. The molecule has 0 bridgehead atoms. The molecule has 0 aliphatic rings. The molecule has 0 aliphatic heterocycles. The largest absolute Gasteiger partial charge is 0.445 e. The summed E-state index contributed by atoms with van der Waals surface area (Å²) in [6.45, 7) is 3.73. The van der Waals surface area contributed by atoms with E-state index in [1.54, 1.807) is 13.8 Å². The number of hydrogen-bond donors (Lipinski definition) is 2. The monoisotopic (exact) mass is 300 g/mol. The number of primary sulfonamides is 1. The maximum absolute atomic E-state index is 11.6. The second kappa shape index (κ2) is 7.25. The zero-order valence-electron chi connectivity index (χ0n) is 11.6. The van der Waals surface area contributed by atoms with Crippen LogP contribution in [0.2, 0.25) is 0 Å². The number of benzene rings is 1. The van der Waals surface area contributed by atoms with Crippen molar-refractivity contribution in [2.45, 2.75) is 26.5 Å². The molecule has 0 aromatic heterocycles. The minimum Gasteiger partial charge on any atom is -0.445 e. The van der Waals surface area contributed by atoms with Crippen molar-refractivity contribution in [3.63, 3.8) is 0 Å². The Morgan fingerprint density at radius 3 is 2.40 bits per heavy atom. The van der Waals surface area contributed by atoms with E-state index in [9.17, 15) is 13.2 Å². The first-order valence-corrected chi connectivity index (χ1v) is 7.97. The Balaban J connectivity index is 2.50. The molecule has 1 amide bonds. The number of amides is 1. The number of rotatable bonds is 6. The maximum Gasteiger partial charge on any atom is 0.407 e. The van der Waals surface area contributed by atoms with Gasteiger partial charge in [-0.15, -0.1) is 0 Å². The first-order valence-electron chi connectivity index (χ1n) is 6.25. The minimum absolute atomic E-state index is 0.0717. The fourth-order valence-corrected chi connectivity index (χ4v) is 2.54. The van der Waals surface area contributed by atoms with Gasteiger partial charge in [0.25, 0.3) is 0 Å². The number of carbonyl (C=O) groups is 1. The van der Waals surface area contributed by atoms with Gasteiger partial charge in [0.05, 0.1) is 5.75 Å². The molecule has 3 N–H and O–H groups in total. The Morgan fingerprint density at radius 1 is 1.30 bits per heavy atom. The van der Waals surface area contributed by atoms with Gasteiger partial charge in [-0.1, -0.05) is 44.2 Å². The van der Waals surface area contributed by atoms with E-state index in [0.29, 0.717) is 0 Å². The summed E-state index contributed by atoms with van der Waals surface area (Å²) in [6.07, 6.45) is -0.656. The van der Waals surface area contributed by atoms with E-state index in [0.717, 1.165) is 5.56 Å². The molecule has 1 aromatic carbocycles. The van der Waals surface area contributed by atoms with E-state index in [-0.39, 0.29) is 18.3 Å². The van der Waals surface area contributed by atoms with E-state index in [1.807, 2.05) is 30.3 Å². The zero-order chi connectivity index (χ0) is 15.2. The lowest BCUT2D eigenvalue weighted by Crippen LogP contribution is -2.44. The molecule has 0 aliphatic carbocycles. The fraction of sp³-hybridized carbons (Fsp3) is 0.462. The molecule has 1 rings (SSSR count). The van der Waals surface area contributed by atoms with Crippen molar-refractivity contribution < 1.29 is 17.9 Å². The number of nitrogens with one attached hydrogen (secondary N) is 1. The SMILES string of the molecule is CC(C)[C@@H](CS(N)(=O)=O)NC(=O)OCc1ccccc1. The quantitative estimate of drug-likeness (QED) is 0.825. The molecule has 20 heavy (non-hydrogen) atoms. The number of ether oxygens (including phenoxy) is 1. The Morgan fingerprint density at radius 2 is 1.90 bits per heavy atom. The van der Waals surface area contributed by atoms with E-state index in [4.69, 9.17) is 9.88 Å². The molecule has 0 heterocycles. The van der Waals surface area contributed by atoms with Gasteiger partial charge >= 0.3 is 6.09 Å². The van der Waals surface area contributed by atoms with Crippen molar-refractivity contribution >= 4 is 16.1 Å². The van der Waals surface area contributed by atoms with Crippen LogP contribution in [0.3, 0.4) is 0 Å². The van der Waals surface area contributed by atoms with Crippen LogP contribution in [0.15, 0.2) is 30.3 Å². The molecule has 0 unspecified atom stereocenters. The van der Waals surface area contributed by atoms with Crippen LogP contribution in [0.4, 0.5) is 4.79 Å². The smallest absolute Gasteiger partial charge is 0.407 e. The van der Waals surface area contributed by atoms with Crippen molar-refractivity contribution in [3.05, 3.63) is 35.9 Å². The highest BCUT2D eigenvalue weighted by Gasteiger charge is 2.21. The van der Waals surface area contributed by atoms with Crippen molar-refractivity contribution in [3.8, 4) is 0 Å². The molecule has 112 valence electrons. The lowest BCUT2D eigenvalue weighted by Gasteiger charge is -2.20. The zero-order valence-corrected chi connectivity index (χ0v) is 12.4. The van der Waals surface area contributed by atoms with E-state index >= 15 is 0 Å². The summed E-state index contributed by atoms with van der Waals surface area (Å²) in [5.74, 6) is -0.386. The molecule has 0 spiro atoms. The van der Waals surface area contributed by atoms with Crippen molar-refractivity contribution in [2.24, 2.45) is 11.1 Å². The lowest BCUT2D eigenvalue weighted by atomic mass is 10.1. The van der Waals surface area contributed by atoms with Gasteiger partial charge in [0, 0.05) is 6.04 Å². The van der Waals surface area contributed by atoms with Gasteiger partial charge in [-0.2, -0.15) is 0 Å². The summed E-state index contributed by atoms with van der Waals surface area (Å²) >= 11 is 0. The van der Waals surface area contributed by atoms with Crippen molar-refractivity contribution in [2.75, 3.05) is 5.75 Å². The fourth-order valence-electron chi connectivity index (χ4n) is 1.57. The van der Waals surface area contributed by atoms with Gasteiger partial charge in [-0.3, -0.25) is 0 Å². The number of carbonyl (C=O) groups excluding carboxylic acids is 1. The molecule has 7 heteroatoms. The summed E-state index contributed by atoms with van der Waals surface area (Å²) in [6, 6.07) is 8.64. The second-order valence-electron chi connectivity index (χ2n) is 4.89. The number of sulfonamides is 1. The first kappa shape index (κ1) is 16.5. The number of hydrogen-bond acceptors (Lipinski definition) is 4. The first-order chi connectivity index (χ1) is 9.28. The third kappa shape index (κ3) is 6.53. The Kier molecular flexibility index (Phi) is 5.97. The van der Waals surface area contributed by atoms with Gasteiger partial charge in [0.2, 0.25) is 10.0 Å². The second-order valence-corrected chi connectivity index (χ2v) is 6.55. The molecular weight excluding hydrogens is 280 g/mol. The van der Waals surface area contributed by atoms with Crippen LogP contribution in [0.1, 0.15) is 19.4 Å². The number of nitrogens with two attached hydrogens (primary N) is 1. The third-order valence-corrected chi connectivity index (χ3v) is 3.56. The van der Waals surface area contributed by atoms with Crippen LogP contribution in [0, 0.1) is 5.92 Å². The van der Waals surface area contributed by atoms with E-state index in [2.05, 4.69) is 5.32 Å². The van der Waals surface area contributed by atoms with Crippen LogP contribution < -0.4 is 10.5 Å². The van der Waals surface area contributed by atoms with E-state index in [1.165, 1.54) is 0 Å². The summed E-state index contributed by atoms with van der Waals surface area (Å²) in [5, 5.41) is 7.52. The van der Waals surface area contributed by atoms with Crippen molar-refractivity contribution in [1.82, 2.24) is 5.32 Å². The Bertz CT molecular complexity index is 529. The van der Waals surface area contributed by atoms with Gasteiger partial charge < -0.3 is 10.1 Å². The molecule has 1 aromatic rings. The number of alkyl carbamates (subject to hydrolysis) is 1. The highest BCUT2D eigenvalue weighted by molar-refractivity contribution is 7.89. The minimum atomic E-state index is -3.65. The van der Waals surface area contributed by atoms with Gasteiger partial charge in [0.15, 0.2) is 0 Å². The topological polar surface area (TPSA) is 98.5 Å². The Labute approximate surface area is 119 Å². The highest BCUT2D eigenvalue weighted by atomic mass is 32.2. The molecule has 0 radical (unpaired) electrons. The normalized spacial score (nSPS) is 13.0. The van der Waals surface area contributed by atoms with Crippen LogP contribution >= 0.6 is 0 Å². The van der Waals surface area contributed by atoms with Gasteiger partial charge in [0.1, 0.15) is 6.61 Å². The summed E-state index contributed by atoms with van der Waals surface area (Å²) in [5.41, 5.74) is 0.857. The average molecular weight is 300 g/mol. The van der Waals surface area contributed by atoms with Crippen LogP contribution in [-0.4, -0.2) is 26.3 Å². The lowest BCUT2D eigenvalue weighted by molar-refractivity contribution is 0.134. The standard InChI is InChI=1S/C13H20N2O4S/c1-10(2)12(9-20(14,17)18)15-13(16)19-8-11-6-4-3-5-7-11/h3-7,10,12H,8-9H2,1-2H3,(H,15,16)(H2,14,17,18)/t12-/m1/s1. The maximum atomic E-state index is 11.6. The molecule has 0 saturated carbocycles. The molecule has 0 fully saturated rings. The summed E-state index contributed by atoms with van der Waals surface area (Å²) in [7, 11) is -3.65. The average Bonchev–Trinajstić information content (AvgIpc) is 2.35. The van der Waals surface area contributed by atoms with Crippen LogP contribution in [0.5, 0.6) is 0 Å². The molecule has 6 nitrogen and oxygen atoms in total. The van der Waals surface area contributed by atoms with Gasteiger partial charge in [-0.05, 0) is 11.5 Å². The van der Waals surface area contributed by atoms with Crippen molar-refractivity contribution in [1.29, 1.82) is 0 Å². The molecular formula is C13H20N2O4S. The van der Waals surface area contributed by atoms with Gasteiger partial charge in [-0.25, -0.2) is 18.4 Å².